The number of aliphatic hydroxyl groups is 1. The number of phosphoric acid groups is 1. The first-order valence-corrected chi connectivity index (χ1v) is 25.2. The van der Waals surface area contributed by atoms with Crippen molar-refractivity contribution >= 4 is 46.8 Å². The smallest absolute Gasteiger partial charge is 0.455 e. The van der Waals surface area contributed by atoms with Gasteiger partial charge in [-0.05, 0) is 88.6 Å². The van der Waals surface area contributed by atoms with Crippen LogP contribution in [0.2, 0.25) is 5.02 Å². The average molecular weight is 916 g/mol. The minimum atomic E-state index is -4.30. The van der Waals surface area contributed by atoms with E-state index in [1.807, 2.05) is 6.07 Å². The Bertz CT molecular complexity index is 2500. The van der Waals surface area contributed by atoms with Gasteiger partial charge in [0.1, 0.15) is 31.2 Å². The van der Waals surface area contributed by atoms with Gasteiger partial charge in [0.2, 0.25) is 15.4 Å². The van der Waals surface area contributed by atoms with E-state index in [4.69, 9.17) is 34.9 Å². The molecule has 18 heteroatoms. The SMILES string of the molecule is CC(C)OP(=O)(O)OCCN(CCCO)C(=O)OCCOCCNS(=O)(=O)c1cc(Cl)ccc1C1=c2cc3c4c(c2Oc2c1cc1c5c2CCCN5CCC1)CCC[N+]=4CCC3. The van der Waals surface area contributed by atoms with E-state index in [0.717, 1.165) is 105 Å². The zero-order valence-corrected chi connectivity index (χ0v) is 37.9. The predicted molar refractivity (Wildman–Crippen MR) is 234 cm³/mol. The maximum atomic E-state index is 14.4. The Hall–Kier alpha value is -3.57. The maximum absolute atomic E-state index is 14.4. The number of sulfonamides is 1. The monoisotopic (exact) mass is 915 g/mol. The minimum absolute atomic E-state index is 0.00947. The lowest BCUT2D eigenvalue weighted by Gasteiger charge is -2.39. The van der Waals surface area contributed by atoms with Gasteiger partial charge in [0, 0.05) is 95.9 Å². The number of phosphoric ester groups is 1. The van der Waals surface area contributed by atoms with E-state index in [0.29, 0.717) is 10.6 Å². The summed E-state index contributed by atoms with van der Waals surface area (Å²) in [5.41, 5.74) is 8.56. The van der Waals surface area contributed by atoms with Crippen LogP contribution in [-0.4, -0.2) is 114 Å². The van der Waals surface area contributed by atoms with E-state index in [1.54, 1.807) is 19.9 Å². The number of ether oxygens (including phenoxy) is 3. The molecule has 5 aliphatic rings. The molecule has 3 aromatic carbocycles. The molecule has 8 rings (SSSR count). The molecule has 3 aromatic rings. The molecule has 5 heterocycles. The zero-order valence-electron chi connectivity index (χ0n) is 35.5. The number of carbonyl (C=O) groups excluding carboxylic acids is 1. The van der Waals surface area contributed by atoms with Crippen molar-refractivity contribution in [2.45, 2.75) is 82.6 Å². The van der Waals surface area contributed by atoms with Crippen LogP contribution in [0.3, 0.4) is 0 Å². The van der Waals surface area contributed by atoms with Gasteiger partial charge in [-0.3, -0.25) is 9.05 Å². The average Bonchev–Trinajstić information content (AvgIpc) is 3.24. The van der Waals surface area contributed by atoms with Crippen molar-refractivity contribution in [3.05, 3.63) is 79.3 Å². The van der Waals surface area contributed by atoms with Crippen LogP contribution in [-0.2, 0) is 58.8 Å². The first-order chi connectivity index (χ1) is 29.8. The van der Waals surface area contributed by atoms with Crippen LogP contribution in [0.25, 0.3) is 5.57 Å². The van der Waals surface area contributed by atoms with Gasteiger partial charge in [0.25, 0.3) is 0 Å². The second-order valence-electron chi connectivity index (χ2n) is 16.6. The van der Waals surface area contributed by atoms with E-state index in [-0.39, 0.29) is 64.0 Å². The molecule has 1 unspecified atom stereocenters. The number of nitrogens with one attached hydrogen (secondary N) is 1. The highest BCUT2D eigenvalue weighted by Gasteiger charge is 2.37. The molecule has 3 N–H and O–H groups in total. The van der Waals surface area contributed by atoms with Crippen LogP contribution < -0.4 is 29.5 Å². The quantitative estimate of drug-likeness (QED) is 0.0729. The topological polar surface area (TPSA) is 176 Å². The number of rotatable bonds is 18. The summed E-state index contributed by atoms with van der Waals surface area (Å²) in [4.78, 5) is 26.4. The molecule has 62 heavy (non-hydrogen) atoms. The van der Waals surface area contributed by atoms with Crippen LogP contribution in [0.4, 0.5) is 10.5 Å². The molecule has 336 valence electrons. The molecule has 0 saturated carbocycles. The number of benzene rings is 3. The van der Waals surface area contributed by atoms with Crippen molar-refractivity contribution in [2.75, 3.05) is 83.7 Å². The number of carbonyl (C=O) groups is 1. The number of fused-ring (bicyclic) bond motifs is 4. The highest BCUT2D eigenvalue weighted by atomic mass is 35.5. The summed E-state index contributed by atoms with van der Waals surface area (Å²) in [6.07, 6.45) is 6.85. The van der Waals surface area contributed by atoms with Gasteiger partial charge in [-0.25, -0.2) is 27.1 Å². The summed E-state index contributed by atoms with van der Waals surface area (Å²) in [7, 11) is -8.44. The summed E-state index contributed by atoms with van der Waals surface area (Å²) >= 11 is 6.60. The van der Waals surface area contributed by atoms with Crippen molar-refractivity contribution in [1.82, 2.24) is 14.2 Å². The lowest BCUT2D eigenvalue weighted by Crippen LogP contribution is -2.45. The number of hydrogen-bond acceptors (Lipinski definition) is 11. The van der Waals surface area contributed by atoms with Crippen LogP contribution in [0, 0.1) is 0 Å². The molecule has 0 aliphatic carbocycles. The lowest BCUT2D eigenvalue weighted by molar-refractivity contribution is 0.0504. The van der Waals surface area contributed by atoms with Gasteiger partial charge in [-0.2, -0.15) is 0 Å². The van der Waals surface area contributed by atoms with Crippen LogP contribution >= 0.6 is 19.4 Å². The Kier molecular flexibility index (Phi) is 14.0. The Balaban J connectivity index is 1.01. The highest BCUT2D eigenvalue weighted by molar-refractivity contribution is 7.89. The van der Waals surface area contributed by atoms with Crippen LogP contribution in [0.5, 0.6) is 11.5 Å². The van der Waals surface area contributed by atoms with Crippen molar-refractivity contribution < 1.29 is 51.0 Å². The standard InChI is InChI=1S/C44H56ClN4O11PS/c1-29(2)60-61(52,53)58-23-20-49(19-7-21-50)44(51)57-25-24-56-22-14-46-62(54,55)38-28-32(45)12-13-33(38)39-36-26-30-8-3-15-47-17-5-10-34(40(30)47)42(36)59-43-35-11-6-18-48-16-4-9-31(41(35)48)27-37(39)43/h12-13,26-29,46,50H,3-11,14-25H2,1-2H3/p+1. The molecule has 5 aliphatic heterocycles. The fourth-order valence-corrected chi connectivity index (χ4v) is 11.9. The summed E-state index contributed by atoms with van der Waals surface area (Å²) in [5, 5.41) is 11.8. The molecule has 0 fully saturated rings. The fourth-order valence-electron chi connectivity index (χ4n) is 9.56. The Morgan fingerprint density at radius 2 is 1.71 bits per heavy atom. The van der Waals surface area contributed by atoms with E-state index in [9.17, 15) is 27.8 Å². The molecular weight excluding hydrogens is 859 g/mol. The molecule has 0 aromatic heterocycles. The summed E-state index contributed by atoms with van der Waals surface area (Å²) < 4.78 is 74.0. The minimum Gasteiger partial charge on any atom is -0.455 e. The third kappa shape index (κ3) is 9.59. The number of aryl methyl sites for hydroxylation is 2. The van der Waals surface area contributed by atoms with Gasteiger partial charge in [0.05, 0.1) is 36.4 Å². The van der Waals surface area contributed by atoms with Gasteiger partial charge < -0.3 is 34.0 Å². The Morgan fingerprint density at radius 3 is 2.50 bits per heavy atom. The number of anilines is 1. The van der Waals surface area contributed by atoms with Crippen LogP contribution in [0.1, 0.15) is 79.3 Å². The van der Waals surface area contributed by atoms with Gasteiger partial charge >= 0.3 is 13.9 Å². The zero-order chi connectivity index (χ0) is 43.6. The number of halogens is 1. The molecule has 15 nitrogen and oxygen atoms in total. The molecule has 0 spiro atoms. The maximum Gasteiger partial charge on any atom is 0.472 e. The third-order valence-corrected chi connectivity index (χ3v) is 14.9. The molecule has 0 saturated heterocycles. The van der Waals surface area contributed by atoms with E-state index >= 15 is 0 Å². The molecule has 0 bridgehead atoms. The largest absolute Gasteiger partial charge is 0.472 e. The van der Waals surface area contributed by atoms with Crippen molar-refractivity contribution in [2.24, 2.45) is 0 Å². The third-order valence-electron chi connectivity index (χ3n) is 12.0. The predicted octanol–water partition coefficient (Wildman–Crippen LogP) is 4.43. The van der Waals surface area contributed by atoms with Gasteiger partial charge in [0.15, 0.2) is 0 Å². The van der Waals surface area contributed by atoms with E-state index in [1.165, 1.54) is 44.3 Å². The van der Waals surface area contributed by atoms with Crippen molar-refractivity contribution in [3.63, 3.8) is 0 Å². The summed E-state index contributed by atoms with van der Waals surface area (Å²) in [6.45, 7) is 6.62. The molecular formula is C44H57ClN4O11PS+. The van der Waals surface area contributed by atoms with Gasteiger partial charge in [-0.1, -0.05) is 17.7 Å². The number of hydrogen-bond donors (Lipinski definition) is 3. The van der Waals surface area contributed by atoms with Crippen LogP contribution in [0.15, 0.2) is 35.2 Å². The number of amides is 1. The Labute approximate surface area is 367 Å². The fraction of sp³-hybridized carbons (Fsp3) is 0.545. The normalized spacial score (nSPS) is 17.4. The summed E-state index contributed by atoms with van der Waals surface area (Å²) in [6, 6.07) is 9.58. The second kappa shape index (κ2) is 19.3. The van der Waals surface area contributed by atoms with Gasteiger partial charge in [-0.15, -0.1) is 0 Å². The number of nitrogens with zero attached hydrogens (tertiary/aromatic N) is 3. The van der Waals surface area contributed by atoms with Crippen molar-refractivity contribution in [1.29, 1.82) is 0 Å². The van der Waals surface area contributed by atoms with E-state index < -0.39 is 30.0 Å². The first kappa shape index (κ1) is 45.0. The highest BCUT2D eigenvalue weighted by Crippen LogP contribution is 2.49. The van der Waals surface area contributed by atoms with E-state index in [2.05, 4.69) is 26.3 Å². The second-order valence-corrected chi connectivity index (χ2v) is 20.2. The Morgan fingerprint density at radius 1 is 0.952 bits per heavy atom. The molecule has 0 radical (unpaired) electrons. The first-order valence-electron chi connectivity index (χ1n) is 21.8. The van der Waals surface area contributed by atoms with Crippen molar-refractivity contribution in [3.8, 4) is 11.5 Å². The molecule has 1 amide bonds. The number of aliphatic hydroxyl groups excluding tert-OH is 1. The lowest BCUT2D eigenvalue weighted by atomic mass is 9.82. The summed E-state index contributed by atoms with van der Waals surface area (Å²) in [5.74, 6) is 1.67. The molecule has 1 atom stereocenters.